The minimum Gasteiger partial charge on any atom is -0.496 e. The number of carbonyl (C=O) groups is 1. The van der Waals surface area contributed by atoms with E-state index in [4.69, 9.17) is 19.9 Å². The van der Waals surface area contributed by atoms with Crippen LogP contribution in [0.1, 0.15) is 49.1 Å². The SMILES string of the molecule is C/C=C1/C(N)CC(C)CC1Cc1nc(OC(=O)OCc2ccc(C)c(OC)c2)ccc1C. The van der Waals surface area contributed by atoms with E-state index in [1.807, 2.05) is 38.1 Å². The quantitative estimate of drug-likeness (QED) is 0.488. The Labute approximate surface area is 190 Å². The van der Waals surface area contributed by atoms with E-state index in [-0.39, 0.29) is 18.5 Å². The van der Waals surface area contributed by atoms with Crippen LogP contribution in [0, 0.1) is 25.7 Å². The second-order valence-corrected chi connectivity index (χ2v) is 8.73. The number of ether oxygens (including phenoxy) is 3. The molecule has 6 nitrogen and oxygen atoms in total. The first-order chi connectivity index (χ1) is 15.3. The molecule has 1 fully saturated rings. The van der Waals surface area contributed by atoms with Crippen molar-refractivity contribution in [2.75, 3.05) is 7.11 Å². The molecule has 2 aromatic rings. The second-order valence-electron chi connectivity index (χ2n) is 8.73. The molecular formula is C26H34N2O4. The Hall–Kier alpha value is -2.86. The number of aromatic nitrogens is 1. The third-order valence-corrected chi connectivity index (χ3v) is 6.21. The lowest BCUT2D eigenvalue weighted by Gasteiger charge is -2.34. The highest BCUT2D eigenvalue weighted by molar-refractivity contribution is 5.63. The summed E-state index contributed by atoms with van der Waals surface area (Å²) < 4.78 is 15.9. The molecular weight excluding hydrogens is 404 g/mol. The third kappa shape index (κ3) is 5.88. The molecule has 6 heteroatoms. The van der Waals surface area contributed by atoms with Gasteiger partial charge in [-0.15, -0.1) is 0 Å². The average Bonchev–Trinajstić information content (AvgIpc) is 2.75. The number of allylic oxidation sites excluding steroid dienone is 1. The fraction of sp³-hybridized carbons (Fsp3) is 0.462. The maximum Gasteiger partial charge on any atom is 0.515 e. The molecule has 3 unspecified atom stereocenters. The summed E-state index contributed by atoms with van der Waals surface area (Å²) in [5.74, 6) is 1.92. The highest BCUT2D eigenvalue weighted by Crippen LogP contribution is 2.35. The van der Waals surface area contributed by atoms with E-state index >= 15 is 0 Å². The van der Waals surface area contributed by atoms with Gasteiger partial charge in [-0.1, -0.05) is 36.8 Å². The van der Waals surface area contributed by atoms with Crippen LogP contribution >= 0.6 is 0 Å². The monoisotopic (exact) mass is 438 g/mol. The van der Waals surface area contributed by atoms with Gasteiger partial charge in [-0.2, -0.15) is 0 Å². The van der Waals surface area contributed by atoms with E-state index in [0.29, 0.717) is 11.8 Å². The van der Waals surface area contributed by atoms with E-state index < -0.39 is 6.16 Å². The first kappa shape index (κ1) is 23.8. The van der Waals surface area contributed by atoms with E-state index in [0.717, 1.165) is 47.4 Å². The van der Waals surface area contributed by atoms with Crippen molar-refractivity contribution in [1.82, 2.24) is 4.98 Å². The van der Waals surface area contributed by atoms with E-state index in [9.17, 15) is 4.79 Å². The van der Waals surface area contributed by atoms with Crippen molar-refractivity contribution in [2.45, 2.75) is 59.6 Å². The summed E-state index contributed by atoms with van der Waals surface area (Å²) in [7, 11) is 1.61. The molecule has 1 saturated carbocycles. The predicted octanol–water partition coefficient (Wildman–Crippen LogP) is 5.28. The first-order valence-electron chi connectivity index (χ1n) is 11.2. The molecule has 1 aromatic carbocycles. The number of nitrogens with two attached hydrogens (primary N) is 1. The number of carbonyl (C=O) groups excluding carboxylic acids is 1. The summed E-state index contributed by atoms with van der Waals surface area (Å²) in [5.41, 5.74) is 11.5. The van der Waals surface area contributed by atoms with Gasteiger partial charge in [-0.3, -0.25) is 0 Å². The van der Waals surface area contributed by atoms with Gasteiger partial charge in [-0.25, -0.2) is 9.78 Å². The molecule has 3 rings (SSSR count). The third-order valence-electron chi connectivity index (χ3n) is 6.21. The number of hydrogen-bond donors (Lipinski definition) is 1. The fourth-order valence-corrected chi connectivity index (χ4v) is 4.50. The number of rotatable bonds is 6. The number of benzene rings is 1. The van der Waals surface area contributed by atoms with Gasteiger partial charge in [0.2, 0.25) is 5.88 Å². The van der Waals surface area contributed by atoms with Crippen LogP contribution in [0.3, 0.4) is 0 Å². The lowest BCUT2D eigenvalue weighted by Crippen LogP contribution is -2.35. The Balaban J connectivity index is 1.64. The van der Waals surface area contributed by atoms with Gasteiger partial charge < -0.3 is 19.9 Å². The molecule has 172 valence electrons. The lowest BCUT2D eigenvalue weighted by molar-refractivity contribution is 0.0911. The average molecular weight is 439 g/mol. The van der Waals surface area contributed by atoms with Crippen LogP contribution in [0.15, 0.2) is 42.0 Å². The van der Waals surface area contributed by atoms with Crippen molar-refractivity contribution < 1.29 is 19.0 Å². The van der Waals surface area contributed by atoms with Gasteiger partial charge in [0.05, 0.1) is 7.11 Å². The molecule has 0 saturated heterocycles. The Bertz CT molecular complexity index is 986. The van der Waals surface area contributed by atoms with Crippen molar-refractivity contribution in [3.05, 3.63) is 64.4 Å². The summed E-state index contributed by atoms with van der Waals surface area (Å²) >= 11 is 0. The number of hydrogen-bond acceptors (Lipinski definition) is 6. The first-order valence-corrected chi connectivity index (χ1v) is 11.2. The topological polar surface area (TPSA) is 83.7 Å². The Morgan fingerprint density at radius 3 is 2.66 bits per heavy atom. The predicted molar refractivity (Wildman–Crippen MR) is 125 cm³/mol. The highest BCUT2D eigenvalue weighted by Gasteiger charge is 2.29. The summed E-state index contributed by atoms with van der Waals surface area (Å²) in [6.07, 6.45) is 4.24. The van der Waals surface area contributed by atoms with E-state index in [1.54, 1.807) is 13.2 Å². The van der Waals surface area contributed by atoms with Crippen LogP contribution < -0.4 is 15.2 Å². The van der Waals surface area contributed by atoms with E-state index in [1.165, 1.54) is 5.57 Å². The van der Waals surface area contributed by atoms with Crippen LogP contribution in [0.2, 0.25) is 0 Å². The Morgan fingerprint density at radius 1 is 1.19 bits per heavy atom. The smallest absolute Gasteiger partial charge is 0.496 e. The van der Waals surface area contributed by atoms with Crippen LogP contribution in [0.5, 0.6) is 11.6 Å². The molecule has 0 bridgehead atoms. The molecule has 3 atom stereocenters. The molecule has 0 spiro atoms. The van der Waals surface area contributed by atoms with Crippen molar-refractivity contribution >= 4 is 6.16 Å². The van der Waals surface area contributed by atoms with Crippen LogP contribution in [-0.2, 0) is 17.8 Å². The molecule has 0 amide bonds. The van der Waals surface area contributed by atoms with Crippen molar-refractivity contribution in [2.24, 2.45) is 17.6 Å². The van der Waals surface area contributed by atoms with Gasteiger partial charge in [0, 0.05) is 17.8 Å². The van der Waals surface area contributed by atoms with Gasteiger partial charge in [0.1, 0.15) is 12.4 Å². The largest absolute Gasteiger partial charge is 0.515 e. The van der Waals surface area contributed by atoms with Gasteiger partial charge in [-0.05, 0) is 74.6 Å². The molecule has 32 heavy (non-hydrogen) atoms. The van der Waals surface area contributed by atoms with Crippen LogP contribution in [-0.4, -0.2) is 24.3 Å². The number of nitrogens with zero attached hydrogens (tertiary/aromatic N) is 1. The molecule has 1 heterocycles. The van der Waals surface area contributed by atoms with E-state index in [2.05, 4.69) is 24.9 Å². The zero-order valence-corrected chi connectivity index (χ0v) is 19.7. The standard InChI is InChI=1S/C26H34N2O4/c1-6-21-20(11-16(2)12-22(21)27)14-23-17(3)8-10-25(28-23)32-26(29)31-15-19-9-7-18(4)24(13-19)30-5/h6-10,13,16,20,22H,11-12,14-15,27H2,1-5H3/b21-6+. The second kappa shape index (κ2) is 10.6. The minimum atomic E-state index is -0.783. The highest BCUT2D eigenvalue weighted by atomic mass is 16.7. The number of pyridine rings is 1. The number of aryl methyl sites for hydroxylation is 2. The summed E-state index contributed by atoms with van der Waals surface area (Å²) in [5, 5.41) is 0. The van der Waals surface area contributed by atoms with Crippen LogP contribution in [0.4, 0.5) is 4.79 Å². The Morgan fingerprint density at radius 2 is 1.94 bits per heavy atom. The fourth-order valence-electron chi connectivity index (χ4n) is 4.50. The maximum atomic E-state index is 12.2. The zero-order chi connectivity index (χ0) is 23.3. The van der Waals surface area contributed by atoms with Gasteiger partial charge in [0.15, 0.2) is 0 Å². The minimum absolute atomic E-state index is 0.0939. The van der Waals surface area contributed by atoms with Crippen molar-refractivity contribution in [1.29, 1.82) is 0 Å². The van der Waals surface area contributed by atoms with Crippen molar-refractivity contribution in [3.8, 4) is 11.6 Å². The van der Waals surface area contributed by atoms with Gasteiger partial charge in [0.25, 0.3) is 0 Å². The van der Waals surface area contributed by atoms with Gasteiger partial charge >= 0.3 is 6.16 Å². The summed E-state index contributed by atoms with van der Waals surface area (Å²) in [6, 6.07) is 9.39. The Kier molecular flexibility index (Phi) is 7.91. The van der Waals surface area contributed by atoms with Crippen LogP contribution in [0.25, 0.3) is 0 Å². The zero-order valence-electron chi connectivity index (χ0n) is 19.7. The molecule has 0 radical (unpaired) electrons. The van der Waals surface area contributed by atoms with Crippen molar-refractivity contribution in [3.63, 3.8) is 0 Å². The molecule has 0 aliphatic heterocycles. The summed E-state index contributed by atoms with van der Waals surface area (Å²) in [4.78, 5) is 16.8. The normalized spacial score (nSPS) is 21.9. The molecule has 1 aliphatic rings. The lowest BCUT2D eigenvalue weighted by atomic mass is 9.73. The molecule has 1 aliphatic carbocycles. The maximum absolute atomic E-state index is 12.2. The summed E-state index contributed by atoms with van der Waals surface area (Å²) in [6.45, 7) is 8.38. The number of methoxy groups -OCH3 is 1. The molecule has 1 aromatic heterocycles. The molecule has 2 N–H and O–H groups in total.